The van der Waals surface area contributed by atoms with Gasteiger partial charge in [0.25, 0.3) is 5.91 Å². The van der Waals surface area contributed by atoms with Gasteiger partial charge < -0.3 is 29.8 Å². The van der Waals surface area contributed by atoms with Crippen molar-refractivity contribution in [2.24, 2.45) is 4.99 Å². The second-order valence-corrected chi connectivity index (χ2v) is 6.53. The molecule has 2 rings (SSSR count). The highest BCUT2D eigenvalue weighted by atomic mass is 16.5. The molecule has 1 aromatic rings. The van der Waals surface area contributed by atoms with Crippen LogP contribution in [0.25, 0.3) is 0 Å². The van der Waals surface area contributed by atoms with Crippen molar-refractivity contribution in [2.45, 2.75) is 38.7 Å². The lowest BCUT2D eigenvalue weighted by Crippen LogP contribution is -2.39. The number of hydrogen-bond acceptors (Lipinski definition) is 5. The number of aliphatic imine (C=N–C) groups is 1. The molecule has 1 unspecified atom stereocenters. The topological polar surface area (TPSA) is 97.1 Å². The predicted molar refractivity (Wildman–Crippen MR) is 104 cm³/mol. The Bertz CT molecular complexity index is 582. The van der Waals surface area contributed by atoms with E-state index in [1.807, 2.05) is 6.92 Å². The van der Waals surface area contributed by atoms with Crippen LogP contribution < -0.4 is 16.0 Å². The molecule has 2 heterocycles. The van der Waals surface area contributed by atoms with Crippen LogP contribution in [-0.4, -0.2) is 64.5 Å². The Morgan fingerprint density at radius 2 is 2.04 bits per heavy atom. The number of guanidine groups is 1. The van der Waals surface area contributed by atoms with Crippen molar-refractivity contribution in [3.05, 3.63) is 23.7 Å². The first-order valence-corrected chi connectivity index (χ1v) is 9.67. The van der Waals surface area contributed by atoms with E-state index < -0.39 is 0 Å². The zero-order valence-corrected chi connectivity index (χ0v) is 16.4. The van der Waals surface area contributed by atoms with E-state index in [0.717, 1.165) is 50.4 Å². The van der Waals surface area contributed by atoms with Gasteiger partial charge in [0.2, 0.25) is 0 Å². The van der Waals surface area contributed by atoms with Crippen LogP contribution in [0.15, 0.2) is 21.7 Å². The summed E-state index contributed by atoms with van der Waals surface area (Å²) in [7, 11) is 1.74. The minimum atomic E-state index is -0.178. The van der Waals surface area contributed by atoms with Crippen molar-refractivity contribution >= 4 is 11.9 Å². The highest BCUT2D eigenvalue weighted by Crippen LogP contribution is 2.11. The van der Waals surface area contributed by atoms with Crippen LogP contribution in [0, 0.1) is 6.92 Å². The maximum absolute atomic E-state index is 11.9. The van der Waals surface area contributed by atoms with Crippen LogP contribution in [0.2, 0.25) is 0 Å². The monoisotopic (exact) mass is 380 g/mol. The number of hydrogen-bond donors (Lipinski definition) is 3. The molecule has 0 aliphatic carbocycles. The molecule has 0 aromatic carbocycles. The molecule has 1 fully saturated rings. The van der Waals surface area contributed by atoms with Crippen LogP contribution in [0.1, 0.15) is 41.8 Å². The van der Waals surface area contributed by atoms with Crippen molar-refractivity contribution < 1.29 is 18.7 Å². The Labute approximate surface area is 161 Å². The zero-order chi connectivity index (χ0) is 19.3. The van der Waals surface area contributed by atoms with E-state index in [-0.39, 0.29) is 12.0 Å². The van der Waals surface area contributed by atoms with Gasteiger partial charge in [0.05, 0.1) is 19.0 Å². The summed E-state index contributed by atoms with van der Waals surface area (Å²) in [5.74, 6) is 0.951. The van der Waals surface area contributed by atoms with E-state index in [1.54, 1.807) is 13.1 Å². The summed E-state index contributed by atoms with van der Waals surface area (Å²) >= 11 is 0. The van der Waals surface area contributed by atoms with Gasteiger partial charge in [0.1, 0.15) is 0 Å². The molecule has 0 radical (unpaired) electrons. The molecule has 1 amide bonds. The van der Waals surface area contributed by atoms with Crippen LogP contribution >= 0.6 is 0 Å². The Morgan fingerprint density at radius 3 is 2.70 bits per heavy atom. The highest BCUT2D eigenvalue weighted by Gasteiger charge is 2.15. The zero-order valence-electron chi connectivity index (χ0n) is 16.4. The predicted octanol–water partition coefficient (Wildman–Crippen LogP) is 1.46. The van der Waals surface area contributed by atoms with Crippen molar-refractivity contribution in [3.63, 3.8) is 0 Å². The lowest BCUT2D eigenvalue weighted by molar-refractivity contribution is 0.0168. The number of nitrogens with zero attached hydrogens (tertiary/aromatic N) is 1. The lowest BCUT2D eigenvalue weighted by atomic mass is 10.2. The van der Waals surface area contributed by atoms with Crippen molar-refractivity contribution in [3.8, 4) is 0 Å². The van der Waals surface area contributed by atoms with Gasteiger partial charge in [-0.2, -0.15) is 0 Å². The summed E-state index contributed by atoms with van der Waals surface area (Å²) in [6.45, 7) is 6.19. The average molecular weight is 380 g/mol. The van der Waals surface area contributed by atoms with Gasteiger partial charge >= 0.3 is 0 Å². The highest BCUT2D eigenvalue weighted by molar-refractivity contribution is 5.92. The first-order valence-electron chi connectivity index (χ1n) is 9.67. The maximum Gasteiger partial charge on any atom is 0.287 e. The lowest BCUT2D eigenvalue weighted by Gasteiger charge is -2.13. The Hall–Kier alpha value is -2.06. The first kappa shape index (κ1) is 21.2. The standard InChI is InChI=1S/C19H32N4O4/c1-15-7-13-27-17(15)18(24)21-8-4-9-22-19(20-2)23-10-5-11-25-14-16-6-3-12-26-16/h7,13,16H,3-6,8-12,14H2,1-2H3,(H,21,24)(H2,20,22,23). The molecule has 152 valence electrons. The Balaban J connectivity index is 1.45. The van der Waals surface area contributed by atoms with Gasteiger partial charge in [-0.3, -0.25) is 9.79 Å². The number of carbonyl (C=O) groups is 1. The van der Waals surface area contributed by atoms with Gasteiger partial charge in [0.15, 0.2) is 11.7 Å². The van der Waals surface area contributed by atoms with Crippen LogP contribution in [-0.2, 0) is 9.47 Å². The summed E-state index contributed by atoms with van der Waals surface area (Å²) in [6.07, 6.45) is 5.75. The van der Waals surface area contributed by atoms with Gasteiger partial charge in [0, 0.05) is 45.5 Å². The van der Waals surface area contributed by atoms with Crippen molar-refractivity contribution in [2.75, 3.05) is 46.5 Å². The summed E-state index contributed by atoms with van der Waals surface area (Å²) in [5.41, 5.74) is 0.843. The largest absolute Gasteiger partial charge is 0.459 e. The number of amides is 1. The third kappa shape index (κ3) is 8.01. The average Bonchev–Trinajstić information content (AvgIpc) is 3.33. The van der Waals surface area contributed by atoms with Crippen molar-refractivity contribution in [1.29, 1.82) is 0 Å². The summed E-state index contributed by atoms with van der Waals surface area (Å²) < 4.78 is 16.3. The summed E-state index contributed by atoms with van der Waals surface area (Å²) in [6, 6.07) is 1.78. The molecular formula is C19H32N4O4. The second-order valence-electron chi connectivity index (χ2n) is 6.53. The number of nitrogens with one attached hydrogen (secondary N) is 3. The summed E-state index contributed by atoms with van der Waals surface area (Å²) in [4.78, 5) is 16.1. The number of carbonyl (C=O) groups excluding carboxylic acids is 1. The number of aryl methyl sites for hydroxylation is 1. The van der Waals surface area contributed by atoms with E-state index in [1.165, 1.54) is 6.26 Å². The molecular weight excluding hydrogens is 348 g/mol. The molecule has 0 saturated carbocycles. The number of ether oxygens (including phenoxy) is 2. The SMILES string of the molecule is CN=C(NCCCNC(=O)c1occc1C)NCCCOCC1CCCO1. The third-order valence-electron chi connectivity index (χ3n) is 4.31. The molecule has 1 aliphatic rings. The minimum absolute atomic E-state index is 0.178. The first-order chi connectivity index (χ1) is 13.2. The van der Waals surface area contributed by atoms with Crippen LogP contribution in [0.3, 0.4) is 0 Å². The van der Waals surface area contributed by atoms with Crippen molar-refractivity contribution in [1.82, 2.24) is 16.0 Å². The molecule has 1 saturated heterocycles. The molecule has 8 nitrogen and oxygen atoms in total. The molecule has 0 bridgehead atoms. The van der Waals surface area contributed by atoms with Gasteiger partial charge in [-0.15, -0.1) is 0 Å². The number of furan rings is 1. The fourth-order valence-electron chi connectivity index (χ4n) is 2.77. The van der Waals surface area contributed by atoms with E-state index in [0.29, 0.717) is 32.1 Å². The molecule has 8 heteroatoms. The molecule has 1 aromatic heterocycles. The molecule has 1 atom stereocenters. The van der Waals surface area contributed by atoms with E-state index >= 15 is 0 Å². The molecule has 27 heavy (non-hydrogen) atoms. The van der Waals surface area contributed by atoms with Gasteiger partial charge in [-0.25, -0.2) is 0 Å². The number of rotatable bonds is 11. The minimum Gasteiger partial charge on any atom is -0.459 e. The molecule has 0 spiro atoms. The fraction of sp³-hybridized carbons (Fsp3) is 0.684. The van der Waals surface area contributed by atoms with Crippen LogP contribution in [0.5, 0.6) is 0 Å². The maximum atomic E-state index is 11.9. The van der Waals surface area contributed by atoms with Crippen LogP contribution in [0.4, 0.5) is 0 Å². The molecule has 1 aliphatic heterocycles. The van der Waals surface area contributed by atoms with Gasteiger partial charge in [-0.1, -0.05) is 0 Å². The third-order valence-corrected chi connectivity index (χ3v) is 4.31. The Kier molecular flexibility index (Phi) is 9.72. The van der Waals surface area contributed by atoms with E-state index in [4.69, 9.17) is 13.9 Å². The Morgan fingerprint density at radius 1 is 1.26 bits per heavy atom. The summed E-state index contributed by atoms with van der Waals surface area (Å²) in [5, 5.41) is 9.33. The smallest absolute Gasteiger partial charge is 0.287 e. The molecule has 3 N–H and O–H groups in total. The quantitative estimate of drug-likeness (QED) is 0.305. The normalized spacial score (nSPS) is 17.1. The van der Waals surface area contributed by atoms with Gasteiger partial charge in [-0.05, 0) is 38.7 Å². The fourth-order valence-corrected chi connectivity index (χ4v) is 2.77. The van der Waals surface area contributed by atoms with E-state index in [9.17, 15) is 4.79 Å². The second kappa shape index (κ2) is 12.3. The van der Waals surface area contributed by atoms with E-state index in [2.05, 4.69) is 20.9 Å².